The van der Waals surface area contributed by atoms with E-state index in [2.05, 4.69) is 0 Å². The van der Waals surface area contributed by atoms with Gasteiger partial charge in [0.05, 0.1) is 17.2 Å². The number of phenolic OH excluding ortho intramolecular Hbond substituents is 1. The average molecular weight is 269 g/mol. The normalized spacial score (nSPS) is 10.3. The first kappa shape index (κ1) is 12.1. The summed E-state index contributed by atoms with van der Waals surface area (Å²) in [5.74, 6) is 0.687. The maximum atomic E-state index is 9.59. The summed E-state index contributed by atoms with van der Waals surface area (Å²) in [5, 5.41) is 10.5. The molecule has 0 aromatic heterocycles. The number of methoxy groups -OCH3 is 1. The molecule has 2 nitrogen and oxygen atoms in total. The van der Waals surface area contributed by atoms with Gasteiger partial charge in [0.1, 0.15) is 11.5 Å². The van der Waals surface area contributed by atoms with Crippen LogP contribution in [0.3, 0.4) is 0 Å². The van der Waals surface area contributed by atoms with Crippen molar-refractivity contribution in [1.82, 2.24) is 0 Å². The molecule has 0 heterocycles. The summed E-state index contributed by atoms with van der Waals surface area (Å²) in [6.45, 7) is 0. The Bertz CT molecular complexity index is 553. The predicted octanol–water partition coefficient (Wildman–Crippen LogP) is 4.37. The van der Waals surface area contributed by atoms with Crippen LogP contribution in [0.2, 0.25) is 10.0 Å². The highest BCUT2D eigenvalue weighted by molar-refractivity contribution is 6.43. The van der Waals surface area contributed by atoms with Crippen LogP contribution in [-0.2, 0) is 0 Å². The molecule has 0 aliphatic carbocycles. The molecule has 0 amide bonds. The number of ether oxygens (including phenoxy) is 1. The molecule has 0 radical (unpaired) electrons. The van der Waals surface area contributed by atoms with Crippen molar-refractivity contribution in [3.05, 3.63) is 46.4 Å². The molecule has 88 valence electrons. The van der Waals surface area contributed by atoms with Gasteiger partial charge in [0, 0.05) is 11.6 Å². The molecule has 0 spiro atoms. The highest BCUT2D eigenvalue weighted by Gasteiger charge is 2.09. The summed E-state index contributed by atoms with van der Waals surface area (Å²) in [6.07, 6.45) is 0. The Hall–Kier alpha value is -1.38. The van der Waals surface area contributed by atoms with Gasteiger partial charge in [-0.2, -0.15) is 0 Å². The number of benzene rings is 2. The summed E-state index contributed by atoms with van der Waals surface area (Å²) in [6, 6.07) is 10.3. The fourth-order valence-electron chi connectivity index (χ4n) is 1.58. The van der Waals surface area contributed by atoms with Crippen LogP contribution in [0.15, 0.2) is 36.4 Å². The predicted molar refractivity (Wildman–Crippen MR) is 70.1 cm³/mol. The van der Waals surface area contributed by atoms with E-state index in [-0.39, 0.29) is 5.75 Å². The second kappa shape index (κ2) is 4.86. The Kier molecular flexibility index (Phi) is 3.46. The van der Waals surface area contributed by atoms with Gasteiger partial charge in [-0.05, 0) is 23.8 Å². The SMILES string of the molecule is COc1cc(O)cc(-c2cccc(Cl)c2Cl)c1. The number of halogens is 2. The first-order chi connectivity index (χ1) is 8.11. The average Bonchev–Trinajstić information content (AvgIpc) is 2.31. The van der Waals surface area contributed by atoms with E-state index in [4.69, 9.17) is 27.9 Å². The van der Waals surface area contributed by atoms with Crippen molar-refractivity contribution in [2.75, 3.05) is 7.11 Å². The second-order valence-electron chi connectivity index (χ2n) is 3.52. The van der Waals surface area contributed by atoms with Crippen molar-refractivity contribution in [3.8, 4) is 22.6 Å². The number of aromatic hydroxyl groups is 1. The van der Waals surface area contributed by atoms with Crippen molar-refractivity contribution in [2.45, 2.75) is 0 Å². The summed E-state index contributed by atoms with van der Waals surface area (Å²) >= 11 is 12.1. The third-order valence-electron chi connectivity index (χ3n) is 2.39. The molecule has 2 aromatic carbocycles. The Morgan fingerprint density at radius 3 is 2.59 bits per heavy atom. The third-order valence-corrected chi connectivity index (χ3v) is 3.21. The molecule has 0 aliphatic heterocycles. The fourth-order valence-corrected chi connectivity index (χ4v) is 1.99. The second-order valence-corrected chi connectivity index (χ2v) is 4.31. The summed E-state index contributed by atoms with van der Waals surface area (Å²) in [5.41, 5.74) is 1.52. The van der Waals surface area contributed by atoms with Crippen molar-refractivity contribution < 1.29 is 9.84 Å². The van der Waals surface area contributed by atoms with Crippen LogP contribution in [0.4, 0.5) is 0 Å². The Morgan fingerprint density at radius 1 is 1.12 bits per heavy atom. The molecule has 2 rings (SSSR count). The quantitative estimate of drug-likeness (QED) is 0.876. The molecule has 0 aliphatic rings. The minimum atomic E-state index is 0.121. The van der Waals surface area contributed by atoms with Crippen molar-refractivity contribution >= 4 is 23.2 Å². The molecule has 0 unspecified atom stereocenters. The summed E-state index contributed by atoms with van der Waals surface area (Å²) in [4.78, 5) is 0. The van der Waals surface area contributed by atoms with Crippen LogP contribution < -0.4 is 4.74 Å². The van der Waals surface area contributed by atoms with E-state index in [1.165, 1.54) is 13.2 Å². The lowest BCUT2D eigenvalue weighted by Gasteiger charge is -2.08. The van der Waals surface area contributed by atoms with E-state index in [0.717, 1.165) is 11.1 Å². The van der Waals surface area contributed by atoms with Crippen molar-refractivity contribution in [3.63, 3.8) is 0 Å². The van der Waals surface area contributed by atoms with Gasteiger partial charge in [-0.25, -0.2) is 0 Å². The zero-order chi connectivity index (χ0) is 12.4. The van der Waals surface area contributed by atoms with Crippen LogP contribution in [0.25, 0.3) is 11.1 Å². The minimum Gasteiger partial charge on any atom is -0.508 e. The van der Waals surface area contributed by atoms with Gasteiger partial charge in [0.15, 0.2) is 0 Å². The molecule has 0 fully saturated rings. The van der Waals surface area contributed by atoms with Gasteiger partial charge >= 0.3 is 0 Å². The fraction of sp³-hybridized carbons (Fsp3) is 0.0769. The molecule has 0 saturated heterocycles. The standard InChI is InChI=1S/C13H10Cl2O2/c1-17-10-6-8(5-9(16)7-10)11-3-2-4-12(14)13(11)15/h2-7,16H,1H3. The monoisotopic (exact) mass is 268 g/mol. The molecule has 2 aromatic rings. The van der Waals surface area contributed by atoms with E-state index in [9.17, 15) is 5.11 Å². The van der Waals surface area contributed by atoms with E-state index >= 15 is 0 Å². The largest absolute Gasteiger partial charge is 0.508 e. The van der Waals surface area contributed by atoms with Gasteiger partial charge in [-0.15, -0.1) is 0 Å². The maximum Gasteiger partial charge on any atom is 0.123 e. The first-order valence-corrected chi connectivity index (χ1v) is 5.70. The van der Waals surface area contributed by atoms with Crippen LogP contribution in [0, 0.1) is 0 Å². The molecule has 17 heavy (non-hydrogen) atoms. The maximum absolute atomic E-state index is 9.59. The lowest BCUT2D eigenvalue weighted by Crippen LogP contribution is -1.85. The number of hydrogen-bond acceptors (Lipinski definition) is 2. The van der Waals surface area contributed by atoms with Gasteiger partial charge < -0.3 is 9.84 Å². The highest BCUT2D eigenvalue weighted by Crippen LogP contribution is 2.36. The van der Waals surface area contributed by atoms with Gasteiger partial charge in [-0.3, -0.25) is 0 Å². The number of rotatable bonds is 2. The molecule has 0 bridgehead atoms. The first-order valence-electron chi connectivity index (χ1n) is 4.94. The van der Waals surface area contributed by atoms with Gasteiger partial charge in [0.2, 0.25) is 0 Å². The molecular formula is C13H10Cl2O2. The summed E-state index contributed by atoms with van der Waals surface area (Å²) in [7, 11) is 1.54. The Labute approximate surface area is 109 Å². The minimum absolute atomic E-state index is 0.121. The van der Waals surface area contributed by atoms with E-state index in [0.29, 0.717) is 15.8 Å². The number of hydrogen-bond donors (Lipinski definition) is 1. The lowest BCUT2D eigenvalue weighted by molar-refractivity contribution is 0.408. The van der Waals surface area contributed by atoms with E-state index in [1.807, 2.05) is 6.07 Å². The molecular weight excluding hydrogens is 259 g/mol. The number of phenols is 1. The van der Waals surface area contributed by atoms with Crippen molar-refractivity contribution in [2.24, 2.45) is 0 Å². The molecule has 0 saturated carbocycles. The molecule has 1 N–H and O–H groups in total. The lowest BCUT2D eigenvalue weighted by atomic mass is 10.1. The summed E-state index contributed by atoms with van der Waals surface area (Å²) < 4.78 is 5.09. The van der Waals surface area contributed by atoms with Gasteiger partial charge in [-0.1, -0.05) is 35.3 Å². The van der Waals surface area contributed by atoms with Crippen LogP contribution in [0.1, 0.15) is 0 Å². The topological polar surface area (TPSA) is 29.5 Å². The smallest absolute Gasteiger partial charge is 0.123 e. The third kappa shape index (κ3) is 2.48. The molecule has 0 atom stereocenters. The van der Waals surface area contributed by atoms with E-state index in [1.54, 1.807) is 24.3 Å². The van der Waals surface area contributed by atoms with Crippen LogP contribution in [-0.4, -0.2) is 12.2 Å². The van der Waals surface area contributed by atoms with Crippen LogP contribution >= 0.6 is 23.2 Å². The van der Waals surface area contributed by atoms with Gasteiger partial charge in [0.25, 0.3) is 0 Å². The Balaban J connectivity index is 2.60. The zero-order valence-electron chi connectivity index (χ0n) is 9.08. The Morgan fingerprint density at radius 2 is 1.88 bits per heavy atom. The zero-order valence-corrected chi connectivity index (χ0v) is 10.6. The highest BCUT2D eigenvalue weighted by atomic mass is 35.5. The molecule has 4 heteroatoms. The van der Waals surface area contributed by atoms with E-state index < -0.39 is 0 Å². The van der Waals surface area contributed by atoms with Crippen LogP contribution in [0.5, 0.6) is 11.5 Å². The van der Waals surface area contributed by atoms with Crippen molar-refractivity contribution in [1.29, 1.82) is 0 Å².